The van der Waals surface area contributed by atoms with E-state index in [1.165, 1.54) is 56.3 Å². The minimum Gasteiger partial charge on any atom is -0.493 e. The van der Waals surface area contributed by atoms with Crippen LogP contribution in [0.5, 0.6) is 11.5 Å². The molecule has 3 rings (SSSR count). The van der Waals surface area contributed by atoms with Crippen molar-refractivity contribution < 1.29 is 9.47 Å². The van der Waals surface area contributed by atoms with Gasteiger partial charge < -0.3 is 14.4 Å². The van der Waals surface area contributed by atoms with Crippen molar-refractivity contribution in [1.29, 1.82) is 0 Å². The molecular weight excluding hydrogens is 310 g/mol. The summed E-state index contributed by atoms with van der Waals surface area (Å²) in [7, 11) is 3.43. The van der Waals surface area contributed by atoms with Gasteiger partial charge in [0.15, 0.2) is 11.5 Å². The normalized spacial score (nSPS) is 19.8. The Labute approximate surface area is 144 Å². The molecule has 2 aliphatic rings. The van der Waals surface area contributed by atoms with Crippen LogP contribution in [-0.4, -0.2) is 44.6 Å². The Morgan fingerprint density at radius 2 is 1.57 bits per heavy atom. The molecule has 128 valence electrons. The minimum atomic E-state index is 0.756. The van der Waals surface area contributed by atoms with Crippen molar-refractivity contribution in [1.82, 2.24) is 4.90 Å². The number of alkyl halides is 1. The van der Waals surface area contributed by atoms with Gasteiger partial charge in [0.25, 0.3) is 0 Å². The first-order valence-corrected chi connectivity index (χ1v) is 9.29. The van der Waals surface area contributed by atoms with Crippen LogP contribution in [-0.2, 0) is 12.8 Å². The monoisotopic (exact) mass is 337 g/mol. The number of nitrogens with zero attached hydrogens (tertiary/aromatic N) is 1. The van der Waals surface area contributed by atoms with Gasteiger partial charge in [-0.1, -0.05) is 0 Å². The summed E-state index contributed by atoms with van der Waals surface area (Å²) in [6.07, 6.45) is 6.40. The van der Waals surface area contributed by atoms with Crippen molar-refractivity contribution in [2.75, 3.05) is 39.7 Å². The second-order valence-corrected chi connectivity index (χ2v) is 7.34. The predicted molar refractivity (Wildman–Crippen MR) is 94.9 cm³/mol. The van der Waals surface area contributed by atoms with Crippen LogP contribution in [0, 0.1) is 11.8 Å². The fourth-order valence-electron chi connectivity index (χ4n) is 4.24. The second kappa shape index (κ2) is 7.76. The number of rotatable bonds is 6. The number of piperidine rings is 1. The van der Waals surface area contributed by atoms with Crippen LogP contribution in [0.2, 0.25) is 0 Å². The van der Waals surface area contributed by atoms with Crippen LogP contribution < -0.4 is 9.47 Å². The van der Waals surface area contributed by atoms with Crippen molar-refractivity contribution >= 4 is 11.6 Å². The van der Waals surface area contributed by atoms with E-state index in [1.807, 2.05) is 0 Å². The van der Waals surface area contributed by atoms with Gasteiger partial charge in [0.05, 0.1) is 14.2 Å². The molecular formula is C19H28ClNO2. The van der Waals surface area contributed by atoms with E-state index in [0.29, 0.717) is 0 Å². The number of benzene rings is 1. The van der Waals surface area contributed by atoms with Gasteiger partial charge in [-0.3, -0.25) is 0 Å². The van der Waals surface area contributed by atoms with Crippen LogP contribution in [0.25, 0.3) is 0 Å². The molecule has 4 heteroatoms. The fraction of sp³-hybridized carbons (Fsp3) is 0.684. The van der Waals surface area contributed by atoms with Crippen molar-refractivity contribution in [2.45, 2.75) is 32.1 Å². The Morgan fingerprint density at radius 1 is 1.00 bits per heavy atom. The summed E-state index contributed by atoms with van der Waals surface area (Å²) in [5.74, 6) is 4.14. The highest BCUT2D eigenvalue weighted by atomic mass is 35.5. The molecule has 0 spiro atoms. The average molecular weight is 338 g/mol. The molecule has 0 amide bonds. The zero-order chi connectivity index (χ0) is 16.2. The minimum absolute atomic E-state index is 0.756. The quantitative estimate of drug-likeness (QED) is 0.738. The second-order valence-electron chi connectivity index (χ2n) is 6.96. The summed E-state index contributed by atoms with van der Waals surface area (Å²) in [6, 6.07) is 4.36. The van der Waals surface area contributed by atoms with E-state index in [9.17, 15) is 0 Å². The predicted octanol–water partition coefficient (Wildman–Crippen LogP) is 3.76. The first-order valence-electron chi connectivity index (χ1n) is 8.75. The molecule has 3 nitrogen and oxygen atoms in total. The Bertz CT molecular complexity index is 493. The zero-order valence-corrected chi connectivity index (χ0v) is 15.1. The molecule has 1 saturated heterocycles. The Morgan fingerprint density at radius 3 is 2.04 bits per heavy atom. The van der Waals surface area contributed by atoms with Crippen LogP contribution in [0.15, 0.2) is 12.1 Å². The third-order valence-electron chi connectivity index (χ3n) is 5.50. The standard InChI is InChI=1S/C19H28ClNO2/c1-22-18-12-16-10-15(11-17(16)13-19(18)23-2)9-14-3-6-21(7-4-14)8-5-20/h12-15H,3-11H2,1-2H3. The highest BCUT2D eigenvalue weighted by Gasteiger charge is 2.28. The third-order valence-corrected chi connectivity index (χ3v) is 5.67. The van der Waals surface area contributed by atoms with Gasteiger partial charge in [0.1, 0.15) is 0 Å². The molecule has 1 aliphatic heterocycles. The van der Waals surface area contributed by atoms with Crippen molar-refractivity contribution in [3.8, 4) is 11.5 Å². The van der Waals surface area contributed by atoms with Gasteiger partial charge in [-0.05, 0) is 80.3 Å². The molecule has 0 radical (unpaired) electrons. The van der Waals surface area contributed by atoms with Gasteiger partial charge in [-0.2, -0.15) is 0 Å². The third kappa shape index (κ3) is 3.95. The largest absolute Gasteiger partial charge is 0.493 e. The van der Waals surface area contributed by atoms with Gasteiger partial charge in [-0.25, -0.2) is 0 Å². The summed E-state index contributed by atoms with van der Waals surface area (Å²) in [4.78, 5) is 2.50. The zero-order valence-electron chi connectivity index (χ0n) is 14.3. The average Bonchev–Trinajstić information content (AvgIpc) is 2.96. The van der Waals surface area contributed by atoms with Crippen molar-refractivity contribution in [3.63, 3.8) is 0 Å². The number of fused-ring (bicyclic) bond motifs is 1. The van der Waals surface area contributed by atoms with Crippen LogP contribution in [0.3, 0.4) is 0 Å². The summed E-state index contributed by atoms with van der Waals surface area (Å²) in [5, 5.41) is 0. The number of ether oxygens (including phenoxy) is 2. The summed E-state index contributed by atoms with van der Waals surface area (Å²) in [6.45, 7) is 3.49. The van der Waals surface area contributed by atoms with Crippen molar-refractivity contribution in [2.24, 2.45) is 11.8 Å². The van der Waals surface area contributed by atoms with E-state index < -0.39 is 0 Å². The van der Waals surface area contributed by atoms with Gasteiger partial charge in [-0.15, -0.1) is 11.6 Å². The fourth-order valence-corrected chi connectivity index (χ4v) is 4.48. The molecule has 0 atom stereocenters. The molecule has 1 aromatic carbocycles. The van der Waals surface area contributed by atoms with Crippen LogP contribution >= 0.6 is 11.6 Å². The number of methoxy groups -OCH3 is 2. The summed E-state index contributed by atoms with van der Waals surface area (Å²) in [5.41, 5.74) is 2.90. The molecule has 0 aromatic heterocycles. The van der Waals surface area contributed by atoms with Gasteiger partial charge in [0, 0.05) is 12.4 Å². The van der Waals surface area contributed by atoms with E-state index in [-0.39, 0.29) is 0 Å². The van der Waals surface area contributed by atoms with E-state index >= 15 is 0 Å². The maximum Gasteiger partial charge on any atom is 0.161 e. The molecule has 1 heterocycles. The molecule has 1 fully saturated rings. The van der Waals surface area contributed by atoms with E-state index in [0.717, 1.165) is 35.8 Å². The Balaban J connectivity index is 1.56. The van der Waals surface area contributed by atoms with Crippen molar-refractivity contribution in [3.05, 3.63) is 23.3 Å². The molecule has 0 bridgehead atoms. The number of hydrogen-bond acceptors (Lipinski definition) is 3. The lowest BCUT2D eigenvalue weighted by molar-refractivity contribution is 0.175. The van der Waals surface area contributed by atoms with Gasteiger partial charge >= 0.3 is 0 Å². The lowest BCUT2D eigenvalue weighted by Crippen LogP contribution is -2.35. The Kier molecular flexibility index (Phi) is 5.71. The first kappa shape index (κ1) is 16.9. The topological polar surface area (TPSA) is 21.7 Å². The van der Waals surface area contributed by atoms with E-state index in [1.54, 1.807) is 14.2 Å². The molecule has 1 aromatic rings. The number of hydrogen-bond donors (Lipinski definition) is 0. The first-order chi connectivity index (χ1) is 11.2. The highest BCUT2D eigenvalue weighted by Crippen LogP contribution is 2.39. The van der Waals surface area contributed by atoms with Gasteiger partial charge in [0.2, 0.25) is 0 Å². The molecule has 1 aliphatic carbocycles. The molecule has 0 unspecified atom stereocenters. The van der Waals surface area contributed by atoms with Crippen LogP contribution in [0.4, 0.5) is 0 Å². The number of halogens is 1. The molecule has 23 heavy (non-hydrogen) atoms. The van der Waals surface area contributed by atoms with E-state index in [4.69, 9.17) is 21.1 Å². The molecule has 0 saturated carbocycles. The summed E-state index contributed by atoms with van der Waals surface area (Å²) >= 11 is 5.85. The smallest absolute Gasteiger partial charge is 0.161 e. The SMILES string of the molecule is COc1cc2c(cc1OC)CC(CC1CCN(CCCl)CC1)C2. The lowest BCUT2D eigenvalue weighted by atomic mass is 9.86. The lowest BCUT2D eigenvalue weighted by Gasteiger charge is -2.32. The molecule has 0 N–H and O–H groups in total. The van der Waals surface area contributed by atoms with E-state index in [2.05, 4.69) is 17.0 Å². The maximum atomic E-state index is 5.85. The summed E-state index contributed by atoms with van der Waals surface area (Å²) < 4.78 is 10.9. The maximum absolute atomic E-state index is 5.85. The van der Waals surface area contributed by atoms with Crippen LogP contribution in [0.1, 0.15) is 30.4 Å². The highest BCUT2D eigenvalue weighted by molar-refractivity contribution is 6.18. The number of likely N-dealkylation sites (tertiary alicyclic amines) is 1. The Hall–Kier alpha value is -0.930.